The maximum absolute atomic E-state index is 13.5. The number of Topliss-reactive ketones (excluding diaryl/α,β-unsaturated/α-hetero) is 1. The summed E-state index contributed by atoms with van der Waals surface area (Å²) in [7, 11) is 0. The number of carbonyl (C=O) groups is 3. The molecule has 2 unspecified atom stereocenters. The summed E-state index contributed by atoms with van der Waals surface area (Å²) < 4.78 is 24.9. The van der Waals surface area contributed by atoms with Crippen molar-refractivity contribution in [3.05, 3.63) is 57.8 Å². The van der Waals surface area contributed by atoms with E-state index in [1.165, 1.54) is 19.1 Å². The molecule has 36 heavy (non-hydrogen) atoms. The first-order valence-electron chi connectivity index (χ1n) is 11.7. The number of hydrogen-bond acceptors (Lipinski definition) is 5. The predicted octanol–water partition coefficient (Wildman–Crippen LogP) is 4.54. The van der Waals surface area contributed by atoms with Crippen LogP contribution < -0.4 is 20.1 Å². The molecule has 3 fully saturated rings. The molecule has 4 aliphatic rings. The average molecular weight is 535 g/mol. The summed E-state index contributed by atoms with van der Waals surface area (Å²) in [6, 6.07) is 8.81. The molecule has 190 valence electrons. The summed E-state index contributed by atoms with van der Waals surface area (Å²) in [6.45, 7) is 1.20. The van der Waals surface area contributed by atoms with Gasteiger partial charge in [0.15, 0.2) is 18.5 Å². The molecule has 3 aliphatic carbocycles. The molecule has 2 aromatic rings. The monoisotopic (exact) mass is 534 g/mol. The summed E-state index contributed by atoms with van der Waals surface area (Å²) in [5.74, 6) is -0.350. The molecule has 10 heteroatoms. The van der Waals surface area contributed by atoms with Gasteiger partial charge in [0, 0.05) is 42.0 Å². The lowest BCUT2D eigenvalue weighted by Gasteiger charge is -2.70. The Bertz CT molecular complexity index is 1230. The van der Waals surface area contributed by atoms with E-state index in [4.69, 9.17) is 32.7 Å². The lowest BCUT2D eigenvalue weighted by atomic mass is 9.38. The van der Waals surface area contributed by atoms with Crippen molar-refractivity contribution < 1.29 is 28.2 Å². The van der Waals surface area contributed by atoms with E-state index < -0.39 is 11.9 Å². The Hall–Kier alpha value is -2.84. The standard InChI is InChI=1S/C26H25Cl2FN2O5/c1-14(32)30-20-8-23(36-22-5-2-15(27)6-17(20)22)21(33)9-25-11-26(12-25,13-25)31-24(34)10-35-16-3-4-18(28)19(29)7-16/h2-7,20,23H,8-13H2,1H3,(H,30,32)(H,31,34). The first-order chi connectivity index (χ1) is 17.1. The maximum atomic E-state index is 13.5. The van der Waals surface area contributed by atoms with Crippen LogP contribution >= 0.6 is 23.2 Å². The summed E-state index contributed by atoms with van der Waals surface area (Å²) in [4.78, 5) is 37.2. The lowest BCUT2D eigenvalue weighted by molar-refractivity contribution is -0.175. The van der Waals surface area contributed by atoms with Crippen LogP contribution in [0.3, 0.4) is 0 Å². The first-order valence-corrected chi connectivity index (χ1v) is 12.5. The van der Waals surface area contributed by atoms with Crippen molar-refractivity contribution in [2.24, 2.45) is 5.41 Å². The number of halogens is 3. The van der Waals surface area contributed by atoms with Crippen LogP contribution in [0.1, 0.15) is 50.6 Å². The number of fused-ring (bicyclic) bond motifs is 1. The molecule has 0 saturated heterocycles. The van der Waals surface area contributed by atoms with E-state index in [1.807, 2.05) is 0 Å². The molecule has 0 radical (unpaired) electrons. The van der Waals surface area contributed by atoms with Crippen LogP contribution in [0, 0.1) is 11.2 Å². The molecule has 2 bridgehead atoms. The molecule has 0 aromatic heterocycles. The van der Waals surface area contributed by atoms with E-state index in [0.717, 1.165) is 11.6 Å². The number of rotatable bonds is 8. The van der Waals surface area contributed by atoms with Gasteiger partial charge in [-0.25, -0.2) is 4.39 Å². The molecule has 3 saturated carbocycles. The number of ketones is 1. The quantitative estimate of drug-likeness (QED) is 0.518. The highest BCUT2D eigenvalue weighted by molar-refractivity contribution is 6.31. The fourth-order valence-electron chi connectivity index (χ4n) is 5.87. The molecule has 7 nitrogen and oxygen atoms in total. The Balaban J connectivity index is 1.13. The van der Waals surface area contributed by atoms with E-state index in [1.54, 1.807) is 18.2 Å². The summed E-state index contributed by atoms with van der Waals surface area (Å²) in [6.07, 6.45) is 2.16. The highest BCUT2D eigenvalue weighted by atomic mass is 35.5. The van der Waals surface area contributed by atoms with Gasteiger partial charge in [-0.05, 0) is 55.0 Å². The van der Waals surface area contributed by atoms with Gasteiger partial charge in [0.25, 0.3) is 5.91 Å². The van der Waals surface area contributed by atoms with Crippen LogP contribution in [0.25, 0.3) is 0 Å². The van der Waals surface area contributed by atoms with Crippen molar-refractivity contribution >= 4 is 40.8 Å². The minimum Gasteiger partial charge on any atom is -0.484 e. The van der Waals surface area contributed by atoms with Crippen LogP contribution in [0.2, 0.25) is 10.0 Å². The summed E-state index contributed by atoms with van der Waals surface area (Å²) >= 11 is 11.8. The zero-order valence-corrected chi connectivity index (χ0v) is 21.0. The zero-order chi connectivity index (χ0) is 25.7. The number of nitrogens with one attached hydrogen (secondary N) is 2. The second-order valence-corrected chi connectivity index (χ2v) is 11.0. The van der Waals surface area contributed by atoms with Gasteiger partial charge < -0.3 is 20.1 Å². The van der Waals surface area contributed by atoms with E-state index in [-0.39, 0.29) is 52.0 Å². The Kier molecular flexibility index (Phi) is 6.37. The third-order valence-electron chi connectivity index (χ3n) is 7.16. The fraction of sp³-hybridized carbons (Fsp3) is 0.423. The number of benzene rings is 2. The van der Waals surface area contributed by atoms with Crippen LogP contribution in [-0.4, -0.2) is 35.8 Å². The van der Waals surface area contributed by atoms with Gasteiger partial charge in [0.1, 0.15) is 17.3 Å². The minimum atomic E-state index is -0.664. The highest BCUT2D eigenvalue weighted by Gasteiger charge is 2.68. The van der Waals surface area contributed by atoms with E-state index >= 15 is 0 Å². The molecule has 0 spiro atoms. The Morgan fingerprint density at radius 3 is 2.58 bits per heavy atom. The third-order valence-corrected chi connectivity index (χ3v) is 7.70. The Morgan fingerprint density at radius 1 is 1.14 bits per heavy atom. The van der Waals surface area contributed by atoms with Gasteiger partial charge in [-0.1, -0.05) is 23.2 Å². The molecule has 2 atom stereocenters. The largest absolute Gasteiger partial charge is 0.484 e. The number of hydrogen-bond donors (Lipinski definition) is 2. The summed E-state index contributed by atoms with van der Waals surface area (Å²) in [5, 5.41) is 6.40. The van der Waals surface area contributed by atoms with Gasteiger partial charge in [0.05, 0.1) is 11.1 Å². The van der Waals surface area contributed by atoms with Crippen LogP contribution in [-0.2, 0) is 14.4 Å². The van der Waals surface area contributed by atoms with Gasteiger partial charge in [-0.2, -0.15) is 0 Å². The Morgan fingerprint density at radius 2 is 1.89 bits per heavy atom. The zero-order valence-electron chi connectivity index (χ0n) is 19.5. The number of carbonyl (C=O) groups excluding carboxylic acids is 3. The smallest absolute Gasteiger partial charge is 0.258 e. The van der Waals surface area contributed by atoms with E-state index in [2.05, 4.69) is 10.6 Å². The van der Waals surface area contributed by atoms with Gasteiger partial charge >= 0.3 is 0 Å². The Labute approximate surface area is 217 Å². The number of ether oxygens (including phenoxy) is 2. The highest BCUT2D eigenvalue weighted by Crippen LogP contribution is 2.69. The first kappa shape index (κ1) is 24.8. The molecule has 6 rings (SSSR count). The predicted molar refractivity (Wildman–Crippen MR) is 131 cm³/mol. The average Bonchev–Trinajstić information content (AvgIpc) is 2.77. The maximum Gasteiger partial charge on any atom is 0.258 e. The summed E-state index contributed by atoms with van der Waals surface area (Å²) in [5.41, 5.74) is 0.302. The van der Waals surface area contributed by atoms with E-state index in [9.17, 15) is 18.8 Å². The van der Waals surface area contributed by atoms with Crippen molar-refractivity contribution in [2.45, 2.75) is 56.7 Å². The third kappa shape index (κ3) is 4.89. The molecular formula is C26H25Cl2FN2O5. The lowest BCUT2D eigenvalue weighted by Crippen LogP contribution is -2.75. The topological polar surface area (TPSA) is 93.7 Å². The van der Waals surface area contributed by atoms with Crippen molar-refractivity contribution in [1.29, 1.82) is 0 Å². The number of amides is 2. The second kappa shape index (κ2) is 9.23. The van der Waals surface area contributed by atoms with Gasteiger partial charge in [-0.3, -0.25) is 14.4 Å². The van der Waals surface area contributed by atoms with Crippen LogP contribution in [0.5, 0.6) is 11.5 Å². The van der Waals surface area contributed by atoms with Crippen molar-refractivity contribution in [3.63, 3.8) is 0 Å². The van der Waals surface area contributed by atoms with Crippen LogP contribution in [0.15, 0.2) is 36.4 Å². The van der Waals surface area contributed by atoms with Crippen LogP contribution in [0.4, 0.5) is 4.39 Å². The van der Waals surface area contributed by atoms with Crippen molar-refractivity contribution in [3.8, 4) is 11.5 Å². The SMILES string of the molecule is CC(=O)NC1CC(C(=O)CC23CC(NC(=O)COc4ccc(Cl)c(F)c4)(C2)C3)Oc2ccc(Cl)cc21. The van der Waals surface area contributed by atoms with Gasteiger partial charge in [-0.15, -0.1) is 0 Å². The van der Waals surface area contributed by atoms with E-state index in [0.29, 0.717) is 42.9 Å². The van der Waals surface area contributed by atoms with Crippen molar-refractivity contribution in [1.82, 2.24) is 10.6 Å². The molecule has 2 N–H and O–H groups in total. The molecule has 2 aromatic carbocycles. The van der Waals surface area contributed by atoms with Gasteiger partial charge in [0.2, 0.25) is 5.91 Å². The molecule has 1 aliphatic heterocycles. The molecule has 1 heterocycles. The fourth-order valence-corrected chi connectivity index (χ4v) is 6.17. The van der Waals surface area contributed by atoms with Crippen molar-refractivity contribution in [2.75, 3.05) is 6.61 Å². The molecule has 2 amide bonds. The molecular weight excluding hydrogens is 510 g/mol. The minimum absolute atomic E-state index is 0.0151. The normalized spacial score (nSPS) is 27.4. The second-order valence-electron chi connectivity index (χ2n) is 10.1.